The fourth-order valence-electron chi connectivity index (χ4n) is 1.70. The molecule has 0 aliphatic carbocycles. The number of aliphatic carboxylic acids is 1. The molecule has 2 atom stereocenters. The fraction of sp³-hybridized carbons (Fsp3) is 0.308. The zero-order valence-corrected chi connectivity index (χ0v) is 11.3. The van der Waals surface area contributed by atoms with E-state index in [2.05, 4.69) is 10.6 Å². The zero-order chi connectivity index (χ0) is 16.0. The number of nitrogens with two attached hydrogens (primary N) is 1. The number of amides is 3. The second-order valence-electron chi connectivity index (χ2n) is 4.42. The summed E-state index contributed by atoms with van der Waals surface area (Å²) in [6.07, 6.45) is -0.531. The molecule has 0 aliphatic rings. The lowest BCUT2D eigenvalue weighted by atomic mass is 10.1. The van der Waals surface area contributed by atoms with Gasteiger partial charge in [-0.3, -0.25) is 4.79 Å². The third kappa shape index (κ3) is 5.09. The first-order valence-corrected chi connectivity index (χ1v) is 6.13. The van der Waals surface area contributed by atoms with Crippen molar-refractivity contribution in [3.05, 3.63) is 35.6 Å². The zero-order valence-electron chi connectivity index (χ0n) is 11.3. The minimum atomic E-state index is -1.43. The minimum Gasteiger partial charge on any atom is -0.480 e. The molecular weight excluding hydrogens is 281 g/mol. The number of halogens is 1. The predicted octanol–water partition coefficient (Wildman–Crippen LogP) is 0.515. The van der Waals surface area contributed by atoms with Gasteiger partial charge in [-0.15, -0.1) is 0 Å². The van der Waals surface area contributed by atoms with Gasteiger partial charge in [0.05, 0.1) is 12.5 Å². The fourth-order valence-corrected chi connectivity index (χ4v) is 1.70. The van der Waals surface area contributed by atoms with E-state index in [1.165, 1.54) is 18.2 Å². The number of rotatable bonds is 6. The molecule has 0 saturated heterocycles. The molecular formula is C13H16FN3O4. The van der Waals surface area contributed by atoms with Crippen molar-refractivity contribution in [1.82, 2.24) is 10.6 Å². The van der Waals surface area contributed by atoms with Crippen molar-refractivity contribution in [2.45, 2.75) is 25.4 Å². The lowest BCUT2D eigenvalue weighted by Crippen LogP contribution is -2.48. The van der Waals surface area contributed by atoms with E-state index < -0.39 is 42.2 Å². The van der Waals surface area contributed by atoms with Crippen LogP contribution in [0.4, 0.5) is 9.18 Å². The molecule has 0 spiro atoms. The summed E-state index contributed by atoms with van der Waals surface area (Å²) in [5, 5.41) is 13.3. The Kier molecular flexibility index (Phi) is 5.65. The Labute approximate surface area is 120 Å². The molecule has 0 saturated carbocycles. The van der Waals surface area contributed by atoms with Crippen molar-refractivity contribution >= 4 is 17.9 Å². The first-order chi connectivity index (χ1) is 9.81. The van der Waals surface area contributed by atoms with E-state index in [0.29, 0.717) is 0 Å². The molecule has 0 aromatic heterocycles. The average molecular weight is 297 g/mol. The van der Waals surface area contributed by atoms with Crippen LogP contribution in [0.25, 0.3) is 0 Å². The largest absolute Gasteiger partial charge is 0.480 e. The van der Waals surface area contributed by atoms with Crippen LogP contribution in [-0.4, -0.2) is 29.1 Å². The van der Waals surface area contributed by atoms with Crippen LogP contribution in [0, 0.1) is 5.82 Å². The highest BCUT2D eigenvalue weighted by Gasteiger charge is 2.23. The van der Waals surface area contributed by atoms with Gasteiger partial charge in [-0.2, -0.15) is 0 Å². The Balaban J connectivity index is 2.66. The van der Waals surface area contributed by atoms with Crippen molar-refractivity contribution in [3.8, 4) is 0 Å². The van der Waals surface area contributed by atoms with E-state index in [9.17, 15) is 18.8 Å². The van der Waals surface area contributed by atoms with E-state index in [-0.39, 0.29) is 5.56 Å². The number of carbonyl (C=O) groups is 3. The van der Waals surface area contributed by atoms with E-state index in [1.807, 2.05) is 0 Å². The molecule has 0 fully saturated rings. The lowest BCUT2D eigenvalue weighted by molar-refractivity contribution is -0.140. The summed E-state index contributed by atoms with van der Waals surface area (Å²) in [6, 6.07) is 2.93. The van der Waals surface area contributed by atoms with Gasteiger partial charge in [0.25, 0.3) is 0 Å². The number of nitrogens with one attached hydrogen (secondary N) is 2. The van der Waals surface area contributed by atoms with Gasteiger partial charge < -0.3 is 21.5 Å². The summed E-state index contributed by atoms with van der Waals surface area (Å²) < 4.78 is 13.5. The van der Waals surface area contributed by atoms with Crippen molar-refractivity contribution in [2.75, 3.05) is 0 Å². The Morgan fingerprint density at radius 3 is 2.43 bits per heavy atom. The number of primary amides is 1. The SMILES string of the molecule is CC(NC(=O)N[C@H](CC(N)=O)C(=O)O)c1ccccc1F. The number of hydrogen-bond acceptors (Lipinski definition) is 3. The van der Waals surface area contributed by atoms with E-state index in [0.717, 1.165) is 0 Å². The molecule has 1 aromatic rings. The molecule has 1 aromatic carbocycles. The maximum Gasteiger partial charge on any atom is 0.326 e. The number of carbonyl (C=O) groups excluding carboxylic acids is 2. The number of carboxylic acid groups (broad SMARTS) is 1. The molecule has 21 heavy (non-hydrogen) atoms. The van der Waals surface area contributed by atoms with Crippen LogP contribution < -0.4 is 16.4 Å². The van der Waals surface area contributed by atoms with Crippen molar-refractivity contribution < 1.29 is 23.9 Å². The molecule has 5 N–H and O–H groups in total. The van der Waals surface area contributed by atoms with Gasteiger partial charge in [-0.1, -0.05) is 18.2 Å². The number of urea groups is 1. The van der Waals surface area contributed by atoms with E-state index in [1.54, 1.807) is 13.0 Å². The second kappa shape index (κ2) is 7.22. The summed E-state index contributed by atoms with van der Waals surface area (Å²) in [5.41, 5.74) is 5.15. The van der Waals surface area contributed by atoms with Gasteiger partial charge in [0, 0.05) is 5.56 Å². The number of benzene rings is 1. The van der Waals surface area contributed by atoms with Crippen LogP contribution in [0.3, 0.4) is 0 Å². The first-order valence-electron chi connectivity index (χ1n) is 6.13. The molecule has 1 rings (SSSR count). The average Bonchev–Trinajstić information content (AvgIpc) is 2.37. The molecule has 3 amide bonds. The van der Waals surface area contributed by atoms with Crippen LogP contribution >= 0.6 is 0 Å². The molecule has 7 nitrogen and oxygen atoms in total. The van der Waals surface area contributed by atoms with Crippen LogP contribution in [-0.2, 0) is 9.59 Å². The molecule has 0 radical (unpaired) electrons. The van der Waals surface area contributed by atoms with Crippen LogP contribution in [0.5, 0.6) is 0 Å². The van der Waals surface area contributed by atoms with Gasteiger partial charge in [0.1, 0.15) is 11.9 Å². The highest BCUT2D eigenvalue weighted by atomic mass is 19.1. The summed E-state index contributed by atoms with van der Waals surface area (Å²) >= 11 is 0. The normalized spacial score (nSPS) is 13.0. The molecule has 8 heteroatoms. The first kappa shape index (κ1) is 16.4. The Bertz CT molecular complexity index is 550. The highest BCUT2D eigenvalue weighted by Crippen LogP contribution is 2.15. The highest BCUT2D eigenvalue weighted by molar-refractivity contribution is 5.87. The molecule has 1 unspecified atom stereocenters. The molecule has 114 valence electrons. The molecule has 0 heterocycles. The van der Waals surface area contributed by atoms with Gasteiger partial charge in [0.15, 0.2) is 0 Å². The number of hydrogen-bond donors (Lipinski definition) is 4. The smallest absolute Gasteiger partial charge is 0.326 e. The third-order valence-electron chi connectivity index (χ3n) is 2.73. The van der Waals surface area contributed by atoms with Crippen LogP contribution in [0.1, 0.15) is 24.9 Å². The van der Waals surface area contributed by atoms with Gasteiger partial charge in [-0.25, -0.2) is 14.0 Å². The minimum absolute atomic E-state index is 0.259. The van der Waals surface area contributed by atoms with E-state index >= 15 is 0 Å². The van der Waals surface area contributed by atoms with Gasteiger partial charge >= 0.3 is 12.0 Å². The van der Waals surface area contributed by atoms with Crippen molar-refractivity contribution in [2.24, 2.45) is 5.73 Å². The summed E-state index contributed by atoms with van der Waals surface area (Å²) in [7, 11) is 0. The quantitative estimate of drug-likeness (QED) is 0.611. The Morgan fingerprint density at radius 2 is 1.90 bits per heavy atom. The Morgan fingerprint density at radius 1 is 1.29 bits per heavy atom. The standard InChI is InChI=1S/C13H16FN3O4/c1-7(8-4-2-3-5-9(8)14)16-13(21)17-10(12(19)20)6-11(15)18/h2-5,7,10H,6H2,1H3,(H2,15,18)(H,19,20)(H2,16,17,21)/t7?,10-/m1/s1. The maximum absolute atomic E-state index is 13.5. The summed E-state index contributed by atoms with van der Waals surface area (Å²) in [4.78, 5) is 33.3. The topological polar surface area (TPSA) is 122 Å². The van der Waals surface area contributed by atoms with E-state index in [4.69, 9.17) is 10.8 Å². The van der Waals surface area contributed by atoms with Gasteiger partial charge in [-0.05, 0) is 13.0 Å². The molecule has 0 aliphatic heterocycles. The van der Waals surface area contributed by atoms with Gasteiger partial charge in [0.2, 0.25) is 5.91 Å². The summed E-state index contributed by atoms with van der Waals surface area (Å²) in [6.45, 7) is 1.54. The number of carboxylic acids is 1. The van der Waals surface area contributed by atoms with Crippen molar-refractivity contribution in [1.29, 1.82) is 0 Å². The maximum atomic E-state index is 13.5. The second-order valence-corrected chi connectivity index (χ2v) is 4.42. The summed E-state index contributed by atoms with van der Waals surface area (Å²) in [5.74, 6) is -2.73. The van der Waals surface area contributed by atoms with Crippen LogP contribution in [0.15, 0.2) is 24.3 Å². The predicted molar refractivity (Wildman–Crippen MR) is 71.7 cm³/mol. The van der Waals surface area contributed by atoms with Crippen molar-refractivity contribution in [3.63, 3.8) is 0 Å². The Hall–Kier alpha value is -2.64. The third-order valence-corrected chi connectivity index (χ3v) is 2.73. The lowest BCUT2D eigenvalue weighted by Gasteiger charge is -2.18. The molecule has 0 bridgehead atoms. The van der Waals surface area contributed by atoms with Crippen LogP contribution in [0.2, 0.25) is 0 Å². The monoisotopic (exact) mass is 297 g/mol.